The molecule has 0 bridgehead atoms. The number of ether oxygens (including phenoxy) is 4. The molecule has 0 N–H and O–H groups in total. The van der Waals surface area contributed by atoms with Crippen LogP contribution in [0.2, 0.25) is 0 Å². The van der Waals surface area contributed by atoms with Gasteiger partial charge in [0.15, 0.2) is 0 Å². The molecular formula is C24H22O4. The Morgan fingerprint density at radius 1 is 0.536 bits per heavy atom. The summed E-state index contributed by atoms with van der Waals surface area (Å²) in [6, 6.07) is 25.0. The van der Waals surface area contributed by atoms with E-state index in [-0.39, 0.29) is 12.2 Å². The minimum atomic E-state index is 0.278. The summed E-state index contributed by atoms with van der Waals surface area (Å²) >= 11 is 0. The third-order valence-electron chi connectivity index (χ3n) is 4.94. The van der Waals surface area contributed by atoms with E-state index in [9.17, 15) is 0 Å². The van der Waals surface area contributed by atoms with Gasteiger partial charge in [0.25, 0.3) is 0 Å². The first-order chi connectivity index (χ1) is 13.8. The highest BCUT2D eigenvalue weighted by atomic mass is 16.6. The van der Waals surface area contributed by atoms with Gasteiger partial charge in [-0.05, 0) is 46.5 Å². The van der Waals surface area contributed by atoms with Crippen molar-refractivity contribution in [2.75, 3.05) is 26.4 Å². The molecule has 4 heteroatoms. The van der Waals surface area contributed by atoms with Gasteiger partial charge in [-0.25, -0.2) is 0 Å². The zero-order valence-electron chi connectivity index (χ0n) is 15.5. The van der Waals surface area contributed by atoms with Crippen LogP contribution in [0.4, 0.5) is 0 Å². The molecule has 2 saturated heterocycles. The van der Waals surface area contributed by atoms with Gasteiger partial charge in [-0.15, -0.1) is 0 Å². The Kier molecular flexibility index (Phi) is 4.73. The van der Waals surface area contributed by atoms with Crippen LogP contribution in [0.25, 0.3) is 22.3 Å². The van der Waals surface area contributed by atoms with Gasteiger partial charge in [0, 0.05) is 0 Å². The minimum absolute atomic E-state index is 0.278. The first-order valence-corrected chi connectivity index (χ1v) is 9.63. The Labute approximate surface area is 164 Å². The van der Waals surface area contributed by atoms with Crippen LogP contribution in [-0.2, 0) is 9.47 Å². The molecule has 2 atom stereocenters. The molecule has 0 aliphatic carbocycles. The van der Waals surface area contributed by atoms with Gasteiger partial charge in [-0.2, -0.15) is 0 Å². The van der Waals surface area contributed by atoms with Crippen LogP contribution in [-0.4, -0.2) is 38.6 Å². The molecule has 0 radical (unpaired) electrons. The third kappa shape index (κ3) is 4.35. The van der Waals surface area contributed by atoms with Crippen LogP contribution in [0, 0.1) is 0 Å². The molecular weight excluding hydrogens is 352 g/mol. The maximum Gasteiger partial charge on any atom is 0.119 e. The van der Waals surface area contributed by atoms with Crippen molar-refractivity contribution in [2.24, 2.45) is 0 Å². The molecule has 142 valence electrons. The maximum atomic E-state index is 5.70. The number of epoxide rings is 2. The summed E-state index contributed by atoms with van der Waals surface area (Å²) in [6.07, 6.45) is 0.556. The zero-order chi connectivity index (χ0) is 18.8. The smallest absolute Gasteiger partial charge is 0.119 e. The van der Waals surface area contributed by atoms with Gasteiger partial charge in [0.2, 0.25) is 0 Å². The van der Waals surface area contributed by atoms with Crippen molar-refractivity contribution < 1.29 is 18.9 Å². The normalized spacial score (nSPS) is 19.9. The van der Waals surface area contributed by atoms with Crippen LogP contribution in [0.15, 0.2) is 72.8 Å². The molecule has 3 aromatic rings. The molecule has 2 fully saturated rings. The highest BCUT2D eigenvalue weighted by molar-refractivity contribution is 5.71. The Balaban J connectivity index is 1.23. The number of hydrogen-bond donors (Lipinski definition) is 0. The average Bonchev–Trinajstić information content (AvgIpc) is 3.67. The van der Waals surface area contributed by atoms with Crippen molar-refractivity contribution in [2.45, 2.75) is 12.2 Å². The lowest BCUT2D eigenvalue weighted by molar-refractivity contribution is 0.263. The van der Waals surface area contributed by atoms with Crippen molar-refractivity contribution in [3.63, 3.8) is 0 Å². The minimum Gasteiger partial charge on any atom is -0.491 e. The monoisotopic (exact) mass is 374 g/mol. The summed E-state index contributed by atoms with van der Waals surface area (Å²) in [5, 5.41) is 0. The summed E-state index contributed by atoms with van der Waals surface area (Å²) in [5.74, 6) is 1.76. The van der Waals surface area contributed by atoms with E-state index < -0.39 is 0 Å². The lowest BCUT2D eigenvalue weighted by Crippen LogP contribution is -2.03. The molecule has 2 aliphatic heterocycles. The molecule has 3 aromatic carbocycles. The predicted octanol–water partition coefficient (Wildman–Crippen LogP) is 4.58. The third-order valence-corrected chi connectivity index (χ3v) is 4.94. The van der Waals surface area contributed by atoms with Crippen molar-refractivity contribution >= 4 is 0 Å². The molecule has 0 unspecified atom stereocenters. The Bertz CT molecular complexity index is 830. The van der Waals surface area contributed by atoms with Crippen molar-refractivity contribution in [1.29, 1.82) is 0 Å². The lowest BCUT2D eigenvalue weighted by atomic mass is 10.0. The highest BCUT2D eigenvalue weighted by Crippen LogP contribution is 2.28. The van der Waals surface area contributed by atoms with E-state index in [2.05, 4.69) is 48.5 Å². The second kappa shape index (κ2) is 7.66. The fraction of sp³-hybridized carbons (Fsp3) is 0.250. The van der Waals surface area contributed by atoms with Crippen LogP contribution in [0.1, 0.15) is 0 Å². The standard InChI is InChI=1S/C24H22O4/c1-2-18(20-7-11-22(12-8-20)26-14-24-16-28-24)4-3-17(1)19-5-9-21(10-6-19)25-13-23-15-27-23/h1-12,23-24H,13-16H2/t23-,24-/m0/s1. The predicted molar refractivity (Wildman–Crippen MR) is 108 cm³/mol. The summed E-state index contributed by atoms with van der Waals surface area (Å²) in [5.41, 5.74) is 4.72. The van der Waals surface area contributed by atoms with Crippen molar-refractivity contribution in [3.05, 3.63) is 72.8 Å². The Morgan fingerprint density at radius 3 is 1.11 bits per heavy atom. The van der Waals surface area contributed by atoms with Crippen LogP contribution < -0.4 is 9.47 Å². The molecule has 2 heterocycles. The van der Waals surface area contributed by atoms with E-state index in [4.69, 9.17) is 18.9 Å². The van der Waals surface area contributed by atoms with Gasteiger partial charge < -0.3 is 18.9 Å². The molecule has 5 rings (SSSR count). The van der Waals surface area contributed by atoms with Gasteiger partial charge >= 0.3 is 0 Å². The second-order valence-corrected chi connectivity index (χ2v) is 7.16. The SMILES string of the molecule is c1cc(-c2ccc(-c3ccc(OC[C@H]4CO4)cc3)cc2)ccc1OC[C@H]1CO1. The van der Waals surface area contributed by atoms with Crippen LogP contribution in [0.3, 0.4) is 0 Å². The van der Waals surface area contributed by atoms with E-state index in [0.717, 1.165) is 24.7 Å². The molecule has 0 amide bonds. The van der Waals surface area contributed by atoms with Gasteiger partial charge in [0.05, 0.1) is 13.2 Å². The van der Waals surface area contributed by atoms with E-state index in [0.29, 0.717) is 13.2 Å². The van der Waals surface area contributed by atoms with Crippen molar-refractivity contribution in [1.82, 2.24) is 0 Å². The molecule has 0 spiro atoms. The van der Waals surface area contributed by atoms with Gasteiger partial charge in [-0.1, -0.05) is 48.5 Å². The van der Waals surface area contributed by atoms with E-state index in [1.165, 1.54) is 22.3 Å². The lowest BCUT2D eigenvalue weighted by Gasteiger charge is -2.08. The molecule has 4 nitrogen and oxygen atoms in total. The fourth-order valence-corrected chi connectivity index (χ4v) is 3.05. The summed E-state index contributed by atoms with van der Waals surface area (Å²) < 4.78 is 21.7. The number of benzene rings is 3. The van der Waals surface area contributed by atoms with Gasteiger partial charge in [0.1, 0.15) is 36.9 Å². The fourth-order valence-electron chi connectivity index (χ4n) is 3.05. The number of hydrogen-bond acceptors (Lipinski definition) is 4. The van der Waals surface area contributed by atoms with Gasteiger partial charge in [-0.3, -0.25) is 0 Å². The van der Waals surface area contributed by atoms with E-state index in [1.54, 1.807) is 0 Å². The topological polar surface area (TPSA) is 43.5 Å². The summed E-state index contributed by atoms with van der Waals surface area (Å²) in [6.45, 7) is 2.89. The van der Waals surface area contributed by atoms with E-state index >= 15 is 0 Å². The summed E-state index contributed by atoms with van der Waals surface area (Å²) in [7, 11) is 0. The molecule has 28 heavy (non-hydrogen) atoms. The van der Waals surface area contributed by atoms with Crippen molar-refractivity contribution in [3.8, 4) is 33.8 Å². The highest BCUT2D eigenvalue weighted by Gasteiger charge is 2.23. The number of rotatable bonds is 8. The Morgan fingerprint density at radius 2 is 0.821 bits per heavy atom. The second-order valence-electron chi connectivity index (χ2n) is 7.16. The first kappa shape index (κ1) is 17.3. The average molecular weight is 374 g/mol. The first-order valence-electron chi connectivity index (χ1n) is 9.63. The zero-order valence-corrected chi connectivity index (χ0v) is 15.5. The maximum absolute atomic E-state index is 5.70. The van der Waals surface area contributed by atoms with Crippen LogP contribution in [0.5, 0.6) is 11.5 Å². The quantitative estimate of drug-likeness (QED) is 0.542. The molecule has 0 saturated carbocycles. The summed E-state index contributed by atoms with van der Waals surface area (Å²) in [4.78, 5) is 0. The van der Waals surface area contributed by atoms with Crippen LogP contribution >= 0.6 is 0 Å². The molecule has 0 aromatic heterocycles. The largest absolute Gasteiger partial charge is 0.491 e. The Hall–Kier alpha value is -2.82. The van der Waals surface area contributed by atoms with E-state index in [1.807, 2.05) is 24.3 Å². The molecule has 2 aliphatic rings.